The van der Waals surface area contributed by atoms with Crippen LogP contribution >= 0.6 is 0 Å². The van der Waals surface area contributed by atoms with E-state index in [1.807, 2.05) is 30.3 Å². The van der Waals surface area contributed by atoms with Crippen molar-refractivity contribution in [2.75, 3.05) is 17.7 Å². The molecular weight excluding hydrogens is 278 g/mol. The molecule has 0 aromatic heterocycles. The molecule has 0 aliphatic heterocycles. The zero-order valence-corrected chi connectivity index (χ0v) is 12.5. The van der Waals surface area contributed by atoms with Crippen molar-refractivity contribution in [1.82, 2.24) is 0 Å². The lowest BCUT2D eigenvalue weighted by molar-refractivity contribution is -0.116. The number of benzene rings is 2. The van der Waals surface area contributed by atoms with E-state index in [-0.39, 0.29) is 5.91 Å². The number of amides is 1. The van der Waals surface area contributed by atoms with Crippen molar-refractivity contribution in [3.05, 3.63) is 54.1 Å². The van der Waals surface area contributed by atoms with Crippen LogP contribution in [0.5, 0.6) is 5.75 Å². The summed E-state index contributed by atoms with van der Waals surface area (Å²) in [5.41, 5.74) is 1.94. The summed E-state index contributed by atoms with van der Waals surface area (Å²) in [6.45, 7) is 1.77. The topological polar surface area (TPSA) is 74.2 Å². The minimum atomic E-state index is -0.417. The number of methoxy groups -OCH3 is 1. The van der Waals surface area contributed by atoms with Crippen molar-refractivity contribution in [2.45, 2.75) is 13.0 Å². The maximum Gasteiger partial charge on any atom is 0.246 e. The van der Waals surface area contributed by atoms with E-state index in [1.165, 1.54) is 0 Å². The first kappa shape index (κ1) is 15.4. The zero-order valence-electron chi connectivity index (χ0n) is 12.5. The molecule has 2 N–H and O–H groups in total. The molecule has 0 aliphatic carbocycles. The molecule has 5 heteroatoms. The first-order valence-corrected chi connectivity index (χ1v) is 6.84. The molecule has 0 saturated heterocycles. The number of nitriles is 1. The highest BCUT2D eigenvalue weighted by Crippen LogP contribution is 2.16. The van der Waals surface area contributed by atoms with Gasteiger partial charge in [-0.05, 0) is 49.4 Å². The fourth-order valence-electron chi connectivity index (χ4n) is 1.92. The summed E-state index contributed by atoms with van der Waals surface area (Å²) in [7, 11) is 1.61. The minimum absolute atomic E-state index is 0.175. The number of hydrogen-bond donors (Lipinski definition) is 2. The third kappa shape index (κ3) is 4.00. The Morgan fingerprint density at radius 1 is 1.18 bits per heavy atom. The van der Waals surface area contributed by atoms with Gasteiger partial charge < -0.3 is 15.4 Å². The maximum absolute atomic E-state index is 12.2. The van der Waals surface area contributed by atoms with E-state index in [9.17, 15) is 4.79 Å². The molecule has 0 saturated carbocycles. The lowest BCUT2D eigenvalue weighted by atomic mass is 10.2. The van der Waals surface area contributed by atoms with Crippen LogP contribution in [0.2, 0.25) is 0 Å². The van der Waals surface area contributed by atoms with Gasteiger partial charge in [-0.25, -0.2) is 0 Å². The number of carbonyl (C=O) groups is 1. The molecule has 1 amide bonds. The fraction of sp³-hybridized carbons (Fsp3) is 0.176. The summed E-state index contributed by atoms with van der Waals surface area (Å²) in [6.07, 6.45) is 0. The molecule has 0 spiro atoms. The summed E-state index contributed by atoms with van der Waals surface area (Å²) in [4.78, 5) is 12.2. The number of anilines is 2. The fourth-order valence-corrected chi connectivity index (χ4v) is 1.92. The van der Waals surface area contributed by atoms with Crippen LogP contribution in [0.1, 0.15) is 12.5 Å². The van der Waals surface area contributed by atoms with Crippen molar-refractivity contribution in [3.63, 3.8) is 0 Å². The quantitative estimate of drug-likeness (QED) is 0.889. The monoisotopic (exact) mass is 295 g/mol. The van der Waals surface area contributed by atoms with E-state index in [2.05, 4.69) is 10.6 Å². The van der Waals surface area contributed by atoms with Crippen LogP contribution in [0.4, 0.5) is 11.4 Å². The van der Waals surface area contributed by atoms with E-state index in [0.29, 0.717) is 11.3 Å². The molecular formula is C17H17N3O2. The van der Waals surface area contributed by atoms with Crippen LogP contribution in [-0.4, -0.2) is 19.1 Å². The van der Waals surface area contributed by atoms with Crippen LogP contribution in [0.25, 0.3) is 0 Å². The molecule has 0 heterocycles. The van der Waals surface area contributed by atoms with Gasteiger partial charge in [0.2, 0.25) is 5.91 Å². The average molecular weight is 295 g/mol. The van der Waals surface area contributed by atoms with Gasteiger partial charge in [0.15, 0.2) is 0 Å². The Morgan fingerprint density at radius 2 is 1.91 bits per heavy atom. The van der Waals surface area contributed by atoms with Crippen LogP contribution in [0.15, 0.2) is 48.5 Å². The molecule has 0 unspecified atom stereocenters. The average Bonchev–Trinajstić information content (AvgIpc) is 2.55. The molecule has 22 heavy (non-hydrogen) atoms. The minimum Gasteiger partial charge on any atom is -0.497 e. The predicted molar refractivity (Wildman–Crippen MR) is 85.9 cm³/mol. The second-order valence-electron chi connectivity index (χ2n) is 4.78. The summed E-state index contributed by atoms with van der Waals surface area (Å²) >= 11 is 0. The third-order valence-corrected chi connectivity index (χ3v) is 3.13. The first-order valence-electron chi connectivity index (χ1n) is 6.84. The van der Waals surface area contributed by atoms with Crippen molar-refractivity contribution in [2.24, 2.45) is 0 Å². The second kappa shape index (κ2) is 7.14. The smallest absolute Gasteiger partial charge is 0.246 e. The van der Waals surface area contributed by atoms with Gasteiger partial charge in [0.25, 0.3) is 0 Å². The van der Waals surface area contributed by atoms with Crippen molar-refractivity contribution in [1.29, 1.82) is 5.26 Å². The highest BCUT2D eigenvalue weighted by Gasteiger charge is 2.13. The standard InChI is InChI=1S/C17H17N3O2/c1-12(19-14-6-8-16(22-2)9-7-14)17(21)20-15-5-3-4-13(10-15)11-18/h3-10,12,19H,1-2H3,(H,20,21)/t12-/m0/s1. The summed E-state index contributed by atoms with van der Waals surface area (Å²) in [5.74, 6) is 0.585. The highest BCUT2D eigenvalue weighted by atomic mass is 16.5. The molecule has 0 aliphatic rings. The number of nitrogens with one attached hydrogen (secondary N) is 2. The largest absolute Gasteiger partial charge is 0.497 e. The van der Waals surface area contributed by atoms with Crippen LogP contribution < -0.4 is 15.4 Å². The van der Waals surface area contributed by atoms with Gasteiger partial charge in [-0.15, -0.1) is 0 Å². The highest BCUT2D eigenvalue weighted by molar-refractivity contribution is 5.96. The molecule has 0 radical (unpaired) electrons. The lowest BCUT2D eigenvalue weighted by Crippen LogP contribution is -2.31. The lowest BCUT2D eigenvalue weighted by Gasteiger charge is -2.15. The Kier molecular flexibility index (Phi) is 4.99. The zero-order chi connectivity index (χ0) is 15.9. The first-order chi connectivity index (χ1) is 10.6. The molecule has 112 valence electrons. The Balaban J connectivity index is 1.97. The van der Waals surface area contributed by atoms with Gasteiger partial charge in [0, 0.05) is 11.4 Å². The van der Waals surface area contributed by atoms with Crippen molar-refractivity contribution in [3.8, 4) is 11.8 Å². The van der Waals surface area contributed by atoms with E-state index in [1.54, 1.807) is 38.3 Å². The number of nitrogens with zero attached hydrogens (tertiary/aromatic N) is 1. The van der Waals surface area contributed by atoms with Crippen molar-refractivity contribution < 1.29 is 9.53 Å². The molecule has 2 aromatic rings. The van der Waals surface area contributed by atoms with Gasteiger partial charge >= 0.3 is 0 Å². The molecule has 1 atom stereocenters. The molecule has 0 fully saturated rings. The third-order valence-electron chi connectivity index (χ3n) is 3.13. The summed E-state index contributed by atoms with van der Waals surface area (Å²) in [5, 5.41) is 14.7. The molecule has 2 rings (SSSR count). The number of rotatable bonds is 5. The maximum atomic E-state index is 12.2. The summed E-state index contributed by atoms with van der Waals surface area (Å²) < 4.78 is 5.09. The van der Waals surface area contributed by atoms with Crippen molar-refractivity contribution >= 4 is 17.3 Å². The Morgan fingerprint density at radius 3 is 2.55 bits per heavy atom. The Bertz CT molecular complexity index is 690. The number of carbonyl (C=O) groups excluding carboxylic acids is 1. The van der Waals surface area contributed by atoms with Gasteiger partial charge in [-0.3, -0.25) is 4.79 Å². The van der Waals surface area contributed by atoms with Gasteiger partial charge in [-0.2, -0.15) is 5.26 Å². The van der Waals surface area contributed by atoms with E-state index >= 15 is 0 Å². The van der Waals surface area contributed by atoms with Gasteiger partial charge in [-0.1, -0.05) is 6.07 Å². The number of ether oxygens (including phenoxy) is 1. The van der Waals surface area contributed by atoms with E-state index < -0.39 is 6.04 Å². The van der Waals surface area contributed by atoms with Crippen LogP contribution in [-0.2, 0) is 4.79 Å². The van der Waals surface area contributed by atoms with E-state index in [0.717, 1.165) is 11.4 Å². The second-order valence-corrected chi connectivity index (χ2v) is 4.78. The molecule has 0 bridgehead atoms. The SMILES string of the molecule is COc1ccc(N[C@@H](C)C(=O)Nc2cccc(C#N)c2)cc1. The summed E-state index contributed by atoms with van der Waals surface area (Å²) in [6, 6.07) is 15.8. The van der Waals surface area contributed by atoms with Gasteiger partial charge in [0.1, 0.15) is 11.8 Å². The molecule has 5 nitrogen and oxygen atoms in total. The van der Waals surface area contributed by atoms with Crippen LogP contribution in [0, 0.1) is 11.3 Å². The molecule has 2 aromatic carbocycles. The Hall–Kier alpha value is -3.00. The normalized spacial score (nSPS) is 11.1. The van der Waals surface area contributed by atoms with Gasteiger partial charge in [0.05, 0.1) is 18.7 Å². The Labute approximate surface area is 129 Å². The number of hydrogen-bond acceptors (Lipinski definition) is 4. The van der Waals surface area contributed by atoms with Crippen LogP contribution in [0.3, 0.4) is 0 Å². The predicted octanol–water partition coefficient (Wildman–Crippen LogP) is 3.01. The van der Waals surface area contributed by atoms with E-state index in [4.69, 9.17) is 10.00 Å².